The molecule has 0 aliphatic heterocycles. The molecule has 14 heavy (non-hydrogen) atoms. The van der Waals surface area contributed by atoms with Crippen LogP contribution in [0.25, 0.3) is 0 Å². The Morgan fingerprint density at radius 2 is 2.50 bits per heavy atom. The molecule has 0 radical (unpaired) electrons. The molecule has 2 rings (SSSR count). The van der Waals surface area contributed by atoms with E-state index >= 15 is 0 Å². The molecule has 1 unspecified atom stereocenters. The highest BCUT2D eigenvalue weighted by molar-refractivity contribution is 7.71. The average molecular weight is 224 g/mol. The molecule has 0 spiro atoms. The molecule has 2 heterocycles. The first kappa shape index (κ1) is 9.68. The van der Waals surface area contributed by atoms with Crippen LogP contribution in [-0.2, 0) is 6.42 Å². The monoisotopic (exact) mass is 224 g/mol. The predicted octanol–water partition coefficient (Wildman–Crippen LogP) is 3.41. The van der Waals surface area contributed by atoms with Crippen molar-refractivity contribution in [1.82, 2.24) is 9.55 Å². The molecule has 1 N–H and O–H groups in total. The van der Waals surface area contributed by atoms with Crippen LogP contribution >= 0.6 is 23.6 Å². The van der Waals surface area contributed by atoms with Crippen LogP contribution in [0, 0.1) is 4.77 Å². The van der Waals surface area contributed by atoms with E-state index in [0.29, 0.717) is 6.04 Å². The number of hydrogen-bond donors (Lipinski definition) is 1. The highest BCUT2D eigenvalue weighted by Crippen LogP contribution is 2.16. The molecule has 2 aromatic heterocycles. The smallest absolute Gasteiger partial charge is 0.177 e. The van der Waals surface area contributed by atoms with E-state index in [0.717, 1.165) is 11.2 Å². The highest BCUT2D eigenvalue weighted by atomic mass is 32.1. The zero-order valence-electron chi connectivity index (χ0n) is 7.93. The fourth-order valence-corrected chi connectivity index (χ4v) is 2.52. The normalized spacial score (nSPS) is 12.9. The number of aromatic amines is 1. The number of nitrogens with zero attached hydrogens (tertiary/aromatic N) is 1. The van der Waals surface area contributed by atoms with E-state index in [1.807, 2.05) is 12.4 Å². The Morgan fingerprint density at radius 1 is 1.64 bits per heavy atom. The molecule has 2 aromatic rings. The Bertz CT molecular complexity index is 439. The summed E-state index contributed by atoms with van der Waals surface area (Å²) in [5, 5.41) is 4.30. The van der Waals surface area contributed by atoms with Gasteiger partial charge in [-0.05, 0) is 48.0 Å². The van der Waals surface area contributed by atoms with Crippen LogP contribution < -0.4 is 0 Å². The van der Waals surface area contributed by atoms with Crippen molar-refractivity contribution in [1.29, 1.82) is 0 Å². The molecule has 0 amide bonds. The van der Waals surface area contributed by atoms with Crippen LogP contribution in [0.1, 0.15) is 18.5 Å². The highest BCUT2D eigenvalue weighted by Gasteiger charge is 2.06. The molecule has 0 bridgehead atoms. The van der Waals surface area contributed by atoms with Crippen LogP contribution in [0.2, 0.25) is 0 Å². The van der Waals surface area contributed by atoms with Gasteiger partial charge in [0.05, 0.1) is 0 Å². The molecule has 1 atom stereocenters. The number of aromatic nitrogens is 2. The van der Waals surface area contributed by atoms with Crippen LogP contribution in [-0.4, -0.2) is 9.55 Å². The average Bonchev–Trinajstić information content (AvgIpc) is 2.75. The van der Waals surface area contributed by atoms with E-state index in [-0.39, 0.29) is 0 Å². The molecule has 0 aromatic carbocycles. The van der Waals surface area contributed by atoms with E-state index < -0.39 is 0 Å². The number of thiophene rings is 1. The van der Waals surface area contributed by atoms with Gasteiger partial charge < -0.3 is 9.55 Å². The second kappa shape index (κ2) is 4.11. The summed E-state index contributed by atoms with van der Waals surface area (Å²) in [6.45, 7) is 2.18. The van der Waals surface area contributed by atoms with Gasteiger partial charge in [-0.15, -0.1) is 0 Å². The summed E-state index contributed by atoms with van der Waals surface area (Å²) >= 11 is 6.91. The third-order valence-electron chi connectivity index (χ3n) is 2.26. The van der Waals surface area contributed by atoms with Gasteiger partial charge in [0.1, 0.15) is 0 Å². The molecular weight excluding hydrogens is 212 g/mol. The van der Waals surface area contributed by atoms with E-state index in [9.17, 15) is 0 Å². The Kier molecular flexibility index (Phi) is 2.84. The van der Waals surface area contributed by atoms with Gasteiger partial charge in [-0.25, -0.2) is 0 Å². The van der Waals surface area contributed by atoms with Gasteiger partial charge in [-0.2, -0.15) is 11.3 Å². The molecule has 0 saturated carbocycles. The van der Waals surface area contributed by atoms with Crippen LogP contribution in [0.4, 0.5) is 0 Å². The first-order chi connectivity index (χ1) is 6.77. The maximum atomic E-state index is 5.17. The third-order valence-corrected chi connectivity index (χ3v) is 3.32. The SMILES string of the molecule is CC(Cc1ccsc1)n1cc[nH]c1=S. The lowest BCUT2D eigenvalue weighted by Crippen LogP contribution is -2.06. The second-order valence-corrected chi connectivity index (χ2v) is 4.52. The fourth-order valence-electron chi connectivity index (χ4n) is 1.53. The van der Waals surface area contributed by atoms with Crippen molar-refractivity contribution in [2.75, 3.05) is 0 Å². The summed E-state index contributed by atoms with van der Waals surface area (Å²) in [5.41, 5.74) is 1.38. The summed E-state index contributed by atoms with van der Waals surface area (Å²) in [7, 11) is 0. The van der Waals surface area contributed by atoms with Crippen LogP contribution in [0.3, 0.4) is 0 Å². The van der Waals surface area contributed by atoms with Crippen molar-refractivity contribution < 1.29 is 0 Å². The number of nitrogens with one attached hydrogen (secondary N) is 1. The first-order valence-electron chi connectivity index (χ1n) is 4.54. The van der Waals surface area contributed by atoms with Gasteiger partial charge in [0.15, 0.2) is 4.77 Å². The molecule has 0 fully saturated rings. The van der Waals surface area contributed by atoms with Gasteiger partial charge in [-0.1, -0.05) is 0 Å². The summed E-state index contributed by atoms with van der Waals surface area (Å²) in [6, 6.07) is 2.58. The Hall–Kier alpha value is -0.870. The zero-order valence-corrected chi connectivity index (χ0v) is 9.57. The summed E-state index contributed by atoms with van der Waals surface area (Å²) in [6.07, 6.45) is 4.92. The van der Waals surface area contributed by atoms with Gasteiger partial charge in [0.2, 0.25) is 0 Å². The van der Waals surface area contributed by atoms with E-state index in [4.69, 9.17) is 12.2 Å². The number of rotatable bonds is 3. The maximum Gasteiger partial charge on any atom is 0.177 e. The predicted molar refractivity (Wildman–Crippen MR) is 62.4 cm³/mol. The molecule has 2 nitrogen and oxygen atoms in total. The lowest BCUT2D eigenvalue weighted by atomic mass is 10.1. The lowest BCUT2D eigenvalue weighted by molar-refractivity contribution is 0.539. The minimum atomic E-state index is 0.420. The minimum Gasteiger partial charge on any atom is -0.337 e. The standard InChI is InChI=1S/C10H12N2S2/c1-8(6-9-2-5-14-7-9)12-4-3-11-10(12)13/h2-5,7-8H,6H2,1H3,(H,11,13). The topological polar surface area (TPSA) is 20.7 Å². The van der Waals surface area contributed by atoms with Crippen molar-refractivity contribution in [3.8, 4) is 0 Å². The number of imidazole rings is 1. The Balaban J connectivity index is 2.14. The lowest BCUT2D eigenvalue weighted by Gasteiger charge is -2.11. The van der Waals surface area contributed by atoms with Crippen molar-refractivity contribution in [2.45, 2.75) is 19.4 Å². The Labute approximate surface area is 92.2 Å². The third kappa shape index (κ3) is 1.96. The van der Waals surface area contributed by atoms with Gasteiger partial charge in [-0.3, -0.25) is 0 Å². The number of H-pyrrole nitrogens is 1. The second-order valence-electron chi connectivity index (χ2n) is 3.36. The largest absolute Gasteiger partial charge is 0.337 e. The van der Waals surface area contributed by atoms with Gasteiger partial charge >= 0.3 is 0 Å². The minimum absolute atomic E-state index is 0.420. The zero-order chi connectivity index (χ0) is 9.97. The van der Waals surface area contributed by atoms with E-state index in [2.05, 4.69) is 33.3 Å². The van der Waals surface area contributed by atoms with Gasteiger partial charge in [0, 0.05) is 18.4 Å². The van der Waals surface area contributed by atoms with Gasteiger partial charge in [0.25, 0.3) is 0 Å². The molecular formula is C10H12N2S2. The summed E-state index contributed by atoms with van der Waals surface area (Å²) < 4.78 is 2.89. The van der Waals surface area contributed by atoms with Crippen molar-refractivity contribution in [2.24, 2.45) is 0 Å². The summed E-state index contributed by atoms with van der Waals surface area (Å²) in [4.78, 5) is 3.01. The molecule has 0 aliphatic rings. The number of hydrogen-bond acceptors (Lipinski definition) is 2. The molecule has 0 saturated heterocycles. The fraction of sp³-hybridized carbons (Fsp3) is 0.300. The van der Waals surface area contributed by atoms with Crippen LogP contribution in [0.5, 0.6) is 0 Å². The van der Waals surface area contributed by atoms with Crippen molar-refractivity contribution in [3.05, 3.63) is 39.6 Å². The molecule has 74 valence electrons. The Morgan fingerprint density at radius 3 is 3.07 bits per heavy atom. The molecule has 0 aliphatic carbocycles. The van der Waals surface area contributed by atoms with Crippen molar-refractivity contribution in [3.63, 3.8) is 0 Å². The summed E-state index contributed by atoms with van der Waals surface area (Å²) in [5.74, 6) is 0. The van der Waals surface area contributed by atoms with E-state index in [1.54, 1.807) is 11.3 Å². The van der Waals surface area contributed by atoms with Crippen molar-refractivity contribution >= 4 is 23.6 Å². The quantitative estimate of drug-likeness (QED) is 0.792. The van der Waals surface area contributed by atoms with E-state index in [1.165, 1.54) is 5.56 Å². The maximum absolute atomic E-state index is 5.17. The van der Waals surface area contributed by atoms with Crippen LogP contribution in [0.15, 0.2) is 29.2 Å². The molecule has 4 heteroatoms. The first-order valence-corrected chi connectivity index (χ1v) is 5.89.